The van der Waals surface area contributed by atoms with Crippen LogP contribution in [-0.4, -0.2) is 47.9 Å². The number of imidazole rings is 1. The third kappa shape index (κ3) is 3.88. The molecule has 0 radical (unpaired) electrons. The van der Waals surface area contributed by atoms with Crippen molar-refractivity contribution >= 4 is 0 Å². The van der Waals surface area contributed by atoms with E-state index in [-0.39, 0.29) is 0 Å². The smallest absolute Gasteiger partial charge is 0.156 e. The molecule has 0 spiro atoms. The zero-order chi connectivity index (χ0) is 17.1. The highest BCUT2D eigenvalue weighted by atomic mass is 15.2. The molecule has 1 atom stereocenters. The quantitative estimate of drug-likeness (QED) is 0.768. The number of nitrogens with one attached hydrogen (secondary N) is 1. The molecule has 128 valence electrons. The molecule has 0 aliphatic carbocycles. The predicted octanol–water partition coefficient (Wildman–Crippen LogP) is 2.03. The van der Waals surface area contributed by atoms with Crippen LogP contribution >= 0.6 is 0 Å². The minimum Gasteiger partial charge on any atom is -0.341 e. The molecular formula is C18H21N7. The summed E-state index contributed by atoms with van der Waals surface area (Å²) in [7, 11) is 0. The molecule has 1 unspecified atom stereocenters. The Morgan fingerprint density at radius 3 is 2.88 bits per heavy atom. The van der Waals surface area contributed by atoms with Gasteiger partial charge in [-0.3, -0.25) is 14.9 Å². The van der Waals surface area contributed by atoms with Crippen LogP contribution in [0.15, 0.2) is 37.2 Å². The van der Waals surface area contributed by atoms with Gasteiger partial charge in [-0.15, -0.1) is 0 Å². The third-order valence-electron chi connectivity index (χ3n) is 4.54. The lowest BCUT2D eigenvalue weighted by atomic mass is 10.0. The summed E-state index contributed by atoms with van der Waals surface area (Å²) < 4.78 is 0. The molecule has 25 heavy (non-hydrogen) atoms. The molecule has 0 bridgehead atoms. The molecule has 0 saturated carbocycles. The number of nitrogens with zero attached hydrogens (tertiary/aromatic N) is 6. The number of aromatic amines is 1. The number of H-pyrrole nitrogens is 1. The van der Waals surface area contributed by atoms with Gasteiger partial charge in [-0.25, -0.2) is 15.0 Å². The summed E-state index contributed by atoms with van der Waals surface area (Å²) >= 11 is 0. The molecule has 1 saturated heterocycles. The molecule has 3 aromatic rings. The number of aromatic nitrogens is 6. The number of hydrogen-bond donors (Lipinski definition) is 1. The Hall–Kier alpha value is -2.67. The SMILES string of the molecule is Cc1cnc(-c2cc(CC3CCN(Cc4cnccn4)C3)ncn2)[nH]1. The maximum atomic E-state index is 4.45. The second kappa shape index (κ2) is 7.06. The molecule has 1 aliphatic heterocycles. The van der Waals surface area contributed by atoms with Gasteiger partial charge in [0.2, 0.25) is 0 Å². The molecule has 0 aromatic carbocycles. The fourth-order valence-electron chi connectivity index (χ4n) is 3.34. The fourth-order valence-corrected chi connectivity index (χ4v) is 3.34. The largest absolute Gasteiger partial charge is 0.341 e. The van der Waals surface area contributed by atoms with Crippen molar-refractivity contribution in [2.24, 2.45) is 5.92 Å². The van der Waals surface area contributed by atoms with Crippen LogP contribution in [0.5, 0.6) is 0 Å². The van der Waals surface area contributed by atoms with Crippen molar-refractivity contribution < 1.29 is 0 Å². The minimum atomic E-state index is 0.609. The monoisotopic (exact) mass is 335 g/mol. The Bertz CT molecular complexity index is 830. The van der Waals surface area contributed by atoms with Gasteiger partial charge in [0, 0.05) is 49.3 Å². The van der Waals surface area contributed by atoms with Gasteiger partial charge >= 0.3 is 0 Å². The van der Waals surface area contributed by atoms with E-state index in [0.29, 0.717) is 5.92 Å². The summed E-state index contributed by atoms with van der Waals surface area (Å²) in [5, 5.41) is 0. The lowest BCUT2D eigenvalue weighted by Gasteiger charge is -2.15. The summed E-state index contributed by atoms with van der Waals surface area (Å²) in [4.78, 5) is 27.3. The second-order valence-corrected chi connectivity index (χ2v) is 6.60. The van der Waals surface area contributed by atoms with Gasteiger partial charge in [0.25, 0.3) is 0 Å². The molecule has 7 nitrogen and oxygen atoms in total. The first kappa shape index (κ1) is 15.8. The lowest BCUT2D eigenvalue weighted by Crippen LogP contribution is -2.21. The van der Waals surface area contributed by atoms with E-state index in [9.17, 15) is 0 Å². The minimum absolute atomic E-state index is 0.609. The van der Waals surface area contributed by atoms with Crippen LogP contribution in [-0.2, 0) is 13.0 Å². The van der Waals surface area contributed by atoms with Crippen LogP contribution in [0.2, 0.25) is 0 Å². The van der Waals surface area contributed by atoms with Crippen LogP contribution in [0.3, 0.4) is 0 Å². The first-order valence-corrected chi connectivity index (χ1v) is 8.56. The molecule has 1 fully saturated rings. The van der Waals surface area contributed by atoms with Crippen molar-refractivity contribution in [2.75, 3.05) is 13.1 Å². The molecule has 4 heterocycles. The number of aryl methyl sites for hydroxylation is 1. The first-order valence-electron chi connectivity index (χ1n) is 8.56. The van der Waals surface area contributed by atoms with Crippen molar-refractivity contribution in [1.82, 2.24) is 34.8 Å². The predicted molar refractivity (Wildman–Crippen MR) is 93.5 cm³/mol. The number of hydrogen-bond acceptors (Lipinski definition) is 6. The summed E-state index contributed by atoms with van der Waals surface area (Å²) in [6.45, 7) is 5.01. The summed E-state index contributed by atoms with van der Waals surface area (Å²) in [6.07, 6.45) is 10.9. The van der Waals surface area contributed by atoms with Gasteiger partial charge in [-0.05, 0) is 38.3 Å². The van der Waals surface area contributed by atoms with E-state index in [0.717, 1.165) is 54.7 Å². The Kier molecular flexibility index (Phi) is 4.47. The Balaban J connectivity index is 1.38. The average molecular weight is 335 g/mol. The van der Waals surface area contributed by atoms with Gasteiger partial charge < -0.3 is 4.98 Å². The molecule has 1 N–H and O–H groups in total. The molecule has 7 heteroatoms. The number of rotatable bonds is 5. The summed E-state index contributed by atoms with van der Waals surface area (Å²) in [5.41, 5.74) is 3.99. The fraction of sp³-hybridized carbons (Fsp3) is 0.389. The number of likely N-dealkylation sites (tertiary alicyclic amines) is 1. The molecule has 0 amide bonds. The molecule has 4 rings (SSSR count). The lowest BCUT2D eigenvalue weighted by molar-refractivity contribution is 0.312. The van der Waals surface area contributed by atoms with Crippen LogP contribution < -0.4 is 0 Å². The maximum absolute atomic E-state index is 4.45. The van der Waals surface area contributed by atoms with Crippen molar-refractivity contribution in [3.05, 3.63) is 54.3 Å². The summed E-state index contributed by atoms with van der Waals surface area (Å²) in [5.74, 6) is 1.41. The van der Waals surface area contributed by atoms with E-state index in [1.54, 1.807) is 18.7 Å². The van der Waals surface area contributed by atoms with Gasteiger partial charge in [0.1, 0.15) is 12.0 Å². The van der Waals surface area contributed by atoms with E-state index < -0.39 is 0 Å². The van der Waals surface area contributed by atoms with Gasteiger partial charge in [-0.2, -0.15) is 0 Å². The zero-order valence-electron chi connectivity index (χ0n) is 14.3. The standard InChI is InChI=1S/C18H21N7/c1-13-8-21-18(24-13)17-7-15(22-12-23-17)6-14-2-5-25(10-14)11-16-9-19-3-4-20-16/h3-4,7-9,12,14H,2,5-6,10-11H2,1H3,(H,21,24). The third-order valence-corrected chi connectivity index (χ3v) is 4.54. The zero-order valence-corrected chi connectivity index (χ0v) is 14.3. The summed E-state index contributed by atoms with van der Waals surface area (Å²) in [6, 6.07) is 2.05. The van der Waals surface area contributed by atoms with Gasteiger partial charge in [-0.1, -0.05) is 0 Å². The van der Waals surface area contributed by atoms with E-state index in [2.05, 4.69) is 34.8 Å². The Labute approximate surface area is 146 Å². The Morgan fingerprint density at radius 1 is 1.12 bits per heavy atom. The van der Waals surface area contributed by atoms with Crippen LogP contribution in [0.4, 0.5) is 0 Å². The van der Waals surface area contributed by atoms with Gasteiger partial charge in [0.05, 0.1) is 5.69 Å². The topological polar surface area (TPSA) is 83.5 Å². The van der Waals surface area contributed by atoms with Crippen molar-refractivity contribution in [3.63, 3.8) is 0 Å². The van der Waals surface area contributed by atoms with Gasteiger partial charge in [0.15, 0.2) is 5.82 Å². The first-order chi connectivity index (χ1) is 12.3. The van der Waals surface area contributed by atoms with Crippen molar-refractivity contribution in [2.45, 2.75) is 26.3 Å². The highest BCUT2D eigenvalue weighted by Crippen LogP contribution is 2.22. The average Bonchev–Trinajstić information content (AvgIpc) is 3.25. The van der Waals surface area contributed by atoms with Crippen LogP contribution in [0, 0.1) is 12.8 Å². The normalized spacial score (nSPS) is 17.9. The highest BCUT2D eigenvalue weighted by Gasteiger charge is 2.23. The van der Waals surface area contributed by atoms with E-state index in [4.69, 9.17) is 0 Å². The molecular weight excluding hydrogens is 314 g/mol. The van der Waals surface area contributed by atoms with E-state index in [1.807, 2.05) is 25.4 Å². The van der Waals surface area contributed by atoms with Crippen LogP contribution in [0.1, 0.15) is 23.5 Å². The van der Waals surface area contributed by atoms with E-state index in [1.165, 1.54) is 6.42 Å². The van der Waals surface area contributed by atoms with Crippen LogP contribution in [0.25, 0.3) is 11.5 Å². The maximum Gasteiger partial charge on any atom is 0.156 e. The van der Waals surface area contributed by atoms with Crippen molar-refractivity contribution in [3.8, 4) is 11.5 Å². The Morgan fingerprint density at radius 2 is 2.08 bits per heavy atom. The van der Waals surface area contributed by atoms with E-state index >= 15 is 0 Å². The second-order valence-electron chi connectivity index (χ2n) is 6.60. The van der Waals surface area contributed by atoms with Crippen molar-refractivity contribution in [1.29, 1.82) is 0 Å². The molecule has 1 aliphatic rings. The molecule has 3 aromatic heterocycles. The highest BCUT2D eigenvalue weighted by molar-refractivity contribution is 5.49.